The number of halogens is 1. The quantitative estimate of drug-likeness (QED) is 0.872. The van der Waals surface area contributed by atoms with E-state index in [1.165, 1.54) is 17.2 Å². The lowest BCUT2D eigenvalue weighted by Gasteiger charge is -2.33. The molecule has 1 aliphatic heterocycles. The Kier molecular flexibility index (Phi) is 4.48. The van der Waals surface area contributed by atoms with Crippen molar-refractivity contribution < 1.29 is 18.8 Å². The second-order valence-electron chi connectivity index (χ2n) is 5.45. The van der Waals surface area contributed by atoms with Crippen molar-refractivity contribution in [2.75, 3.05) is 6.54 Å². The lowest BCUT2D eigenvalue weighted by atomic mass is 9.96. The first-order valence-electron chi connectivity index (χ1n) is 7.44. The highest BCUT2D eigenvalue weighted by molar-refractivity contribution is 5.89. The van der Waals surface area contributed by atoms with Crippen LogP contribution < -0.4 is 0 Å². The summed E-state index contributed by atoms with van der Waals surface area (Å²) >= 11 is 0. The summed E-state index contributed by atoms with van der Waals surface area (Å²) in [6.07, 6.45) is 0.577. The van der Waals surface area contributed by atoms with E-state index in [-0.39, 0.29) is 24.1 Å². The van der Waals surface area contributed by atoms with Gasteiger partial charge < -0.3 is 4.84 Å². The molecule has 0 aromatic heterocycles. The van der Waals surface area contributed by atoms with Crippen LogP contribution in [0.15, 0.2) is 54.6 Å². The molecule has 1 fully saturated rings. The summed E-state index contributed by atoms with van der Waals surface area (Å²) in [5, 5.41) is 1.52. The fourth-order valence-corrected chi connectivity index (χ4v) is 2.62. The van der Waals surface area contributed by atoms with Crippen LogP contribution in [0.4, 0.5) is 4.39 Å². The Morgan fingerprint density at radius 3 is 2.48 bits per heavy atom. The van der Waals surface area contributed by atoms with Crippen molar-refractivity contribution in [2.24, 2.45) is 0 Å². The predicted octanol–water partition coefficient (Wildman–Crippen LogP) is 3.30. The normalized spacial score (nSPS) is 18.7. The van der Waals surface area contributed by atoms with Crippen molar-refractivity contribution in [2.45, 2.75) is 18.9 Å². The lowest BCUT2D eigenvalue weighted by molar-refractivity contribution is -0.162. The summed E-state index contributed by atoms with van der Waals surface area (Å²) in [5.41, 5.74) is 1.20. The molecule has 1 heterocycles. The summed E-state index contributed by atoms with van der Waals surface area (Å²) in [5.74, 6) is -0.706. The number of hydrogen-bond acceptors (Lipinski definition) is 4. The molecular formula is C18H16FNO3. The summed E-state index contributed by atoms with van der Waals surface area (Å²) < 4.78 is 13.1. The number of carbonyl (C=O) groups is 2. The van der Waals surface area contributed by atoms with E-state index in [4.69, 9.17) is 4.84 Å². The SMILES string of the molecule is O=C1CCN(OC(=O)c2ccccc2)C(c2ccc(F)cc2)C1. The predicted molar refractivity (Wildman–Crippen MR) is 81.9 cm³/mol. The molecule has 0 bridgehead atoms. The number of piperidine rings is 1. The number of rotatable bonds is 3. The number of carbonyl (C=O) groups excluding carboxylic acids is 2. The Morgan fingerprint density at radius 1 is 1.09 bits per heavy atom. The Bertz CT molecular complexity index is 700. The second kappa shape index (κ2) is 6.71. The van der Waals surface area contributed by atoms with E-state index < -0.39 is 5.97 Å². The molecule has 2 aromatic carbocycles. The first-order chi connectivity index (χ1) is 11.1. The highest BCUT2D eigenvalue weighted by atomic mass is 19.1. The zero-order chi connectivity index (χ0) is 16.2. The first-order valence-corrected chi connectivity index (χ1v) is 7.44. The van der Waals surface area contributed by atoms with Crippen molar-refractivity contribution in [3.63, 3.8) is 0 Å². The Morgan fingerprint density at radius 2 is 1.78 bits per heavy atom. The van der Waals surface area contributed by atoms with E-state index in [1.54, 1.807) is 36.4 Å². The van der Waals surface area contributed by atoms with Gasteiger partial charge in [0.1, 0.15) is 11.6 Å². The molecule has 23 heavy (non-hydrogen) atoms. The minimum absolute atomic E-state index is 0.103. The third kappa shape index (κ3) is 3.63. The van der Waals surface area contributed by atoms with Gasteiger partial charge in [0.25, 0.3) is 0 Å². The number of Topliss-reactive ketones (excluding diaryl/α,β-unsaturated/α-hetero) is 1. The van der Waals surface area contributed by atoms with E-state index in [0.29, 0.717) is 18.5 Å². The minimum atomic E-state index is -0.466. The van der Waals surface area contributed by atoms with E-state index in [1.807, 2.05) is 6.07 Å². The van der Waals surface area contributed by atoms with Gasteiger partial charge in [-0.2, -0.15) is 0 Å². The van der Waals surface area contributed by atoms with Gasteiger partial charge in [-0.25, -0.2) is 9.18 Å². The van der Waals surface area contributed by atoms with Crippen LogP contribution in [0.2, 0.25) is 0 Å². The maximum Gasteiger partial charge on any atom is 0.357 e. The molecule has 4 nitrogen and oxygen atoms in total. The lowest BCUT2D eigenvalue weighted by Crippen LogP contribution is -2.38. The molecule has 0 radical (unpaired) electrons. The molecule has 0 amide bonds. The maximum absolute atomic E-state index is 13.1. The smallest absolute Gasteiger partial charge is 0.357 e. The molecule has 1 atom stereocenters. The van der Waals surface area contributed by atoms with Crippen molar-refractivity contribution in [1.29, 1.82) is 0 Å². The third-order valence-electron chi connectivity index (χ3n) is 3.84. The van der Waals surface area contributed by atoms with E-state index in [2.05, 4.69) is 0 Å². The van der Waals surface area contributed by atoms with Crippen molar-refractivity contribution >= 4 is 11.8 Å². The van der Waals surface area contributed by atoms with Crippen molar-refractivity contribution in [3.8, 4) is 0 Å². The molecule has 0 spiro atoms. The molecule has 0 N–H and O–H groups in total. The standard InChI is InChI=1S/C18H16FNO3/c19-15-8-6-13(7-9-15)17-12-16(21)10-11-20(17)23-18(22)14-4-2-1-3-5-14/h1-9,17H,10-12H2. The maximum atomic E-state index is 13.1. The number of ketones is 1. The van der Waals surface area contributed by atoms with Gasteiger partial charge >= 0.3 is 5.97 Å². The van der Waals surface area contributed by atoms with Gasteiger partial charge in [-0.05, 0) is 29.8 Å². The van der Waals surface area contributed by atoms with Crippen LogP contribution in [-0.2, 0) is 9.63 Å². The summed E-state index contributed by atoms with van der Waals surface area (Å²) in [7, 11) is 0. The van der Waals surface area contributed by atoms with Gasteiger partial charge in [0, 0.05) is 19.4 Å². The Hall–Kier alpha value is -2.53. The third-order valence-corrected chi connectivity index (χ3v) is 3.84. The van der Waals surface area contributed by atoms with Gasteiger partial charge in [0.05, 0.1) is 11.6 Å². The van der Waals surface area contributed by atoms with Gasteiger partial charge in [-0.1, -0.05) is 30.3 Å². The molecule has 1 unspecified atom stereocenters. The molecule has 0 aliphatic carbocycles. The molecule has 1 aliphatic rings. The van der Waals surface area contributed by atoms with Crippen molar-refractivity contribution in [3.05, 3.63) is 71.5 Å². The Balaban J connectivity index is 1.79. The zero-order valence-corrected chi connectivity index (χ0v) is 12.4. The largest absolute Gasteiger partial charge is 0.363 e. The van der Waals surface area contributed by atoms with Gasteiger partial charge in [-0.3, -0.25) is 4.79 Å². The van der Waals surface area contributed by atoms with E-state index in [9.17, 15) is 14.0 Å². The van der Waals surface area contributed by atoms with Crippen LogP contribution in [0.1, 0.15) is 34.8 Å². The summed E-state index contributed by atoms with van der Waals surface area (Å²) in [4.78, 5) is 29.5. The summed E-state index contributed by atoms with van der Waals surface area (Å²) in [6, 6.07) is 14.2. The zero-order valence-electron chi connectivity index (χ0n) is 12.4. The molecule has 5 heteroatoms. The highest BCUT2D eigenvalue weighted by Crippen LogP contribution is 2.30. The second-order valence-corrected chi connectivity index (χ2v) is 5.45. The molecule has 0 saturated carbocycles. The first kappa shape index (κ1) is 15.4. The van der Waals surface area contributed by atoms with Crippen LogP contribution in [0, 0.1) is 5.82 Å². The molecule has 2 aromatic rings. The fraction of sp³-hybridized carbons (Fsp3) is 0.222. The van der Waals surface area contributed by atoms with Gasteiger partial charge in [0.15, 0.2) is 0 Å². The van der Waals surface area contributed by atoms with Crippen LogP contribution in [0.3, 0.4) is 0 Å². The average Bonchev–Trinajstić information content (AvgIpc) is 2.58. The Labute approximate surface area is 133 Å². The van der Waals surface area contributed by atoms with Crippen LogP contribution >= 0.6 is 0 Å². The van der Waals surface area contributed by atoms with E-state index >= 15 is 0 Å². The average molecular weight is 313 g/mol. The molecule has 3 rings (SSSR count). The molecule has 1 saturated heterocycles. The monoisotopic (exact) mass is 313 g/mol. The number of hydroxylamine groups is 2. The number of benzene rings is 2. The summed E-state index contributed by atoms with van der Waals surface area (Å²) in [6.45, 7) is 0.333. The van der Waals surface area contributed by atoms with E-state index in [0.717, 1.165) is 5.56 Å². The minimum Gasteiger partial charge on any atom is -0.363 e. The number of nitrogens with zero attached hydrogens (tertiary/aromatic N) is 1. The van der Waals surface area contributed by atoms with Gasteiger partial charge in [-0.15, -0.1) is 5.06 Å². The highest BCUT2D eigenvalue weighted by Gasteiger charge is 2.31. The number of hydrogen-bond donors (Lipinski definition) is 0. The fourth-order valence-electron chi connectivity index (χ4n) is 2.62. The van der Waals surface area contributed by atoms with Gasteiger partial charge in [0.2, 0.25) is 0 Å². The topological polar surface area (TPSA) is 46.6 Å². The molecule has 118 valence electrons. The van der Waals surface area contributed by atoms with Crippen LogP contribution in [0.25, 0.3) is 0 Å². The van der Waals surface area contributed by atoms with Crippen molar-refractivity contribution in [1.82, 2.24) is 5.06 Å². The van der Waals surface area contributed by atoms with Crippen LogP contribution in [-0.4, -0.2) is 23.4 Å². The molecular weight excluding hydrogens is 297 g/mol. The van der Waals surface area contributed by atoms with Crippen LogP contribution in [0.5, 0.6) is 0 Å².